The van der Waals surface area contributed by atoms with Gasteiger partial charge in [0.05, 0.1) is 22.0 Å². The number of phenolic OH excluding ortho intramolecular Hbond substituents is 1. The maximum atomic E-state index is 12.3. The molecule has 0 bridgehead atoms. The second kappa shape index (κ2) is 8.66. The summed E-state index contributed by atoms with van der Waals surface area (Å²) in [7, 11) is 0. The highest BCUT2D eigenvalue weighted by molar-refractivity contribution is 7.99. The summed E-state index contributed by atoms with van der Waals surface area (Å²) >= 11 is 2.75. The van der Waals surface area contributed by atoms with Gasteiger partial charge in [-0.25, -0.2) is 4.98 Å². The fourth-order valence-electron chi connectivity index (χ4n) is 2.60. The van der Waals surface area contributed by atoms with Crippen LogP contribution in [0.5, 0.6) is 5.75 Å². The number of hydrogen-bond acceptors (Lipinski definition) is 7. The average Bonchev–Trinajstić information content (AvgIpc) is 2.98. The smallest absolute Gasteiger partial charge is 0.273 e. The number of aromatic nitrogens is 2. The lowest BCUT2D eigenvalue weighted by Gasteiger charge is -2.13. The first-order valence-electron chi connectivity index (χ1n) is 8.76. The molecule has 0 aliphatic rings. The third-order valence-electron chi connectivity index (χ3n) is 4.38. The summed E-state index contributed by atoms with van der Waals surface area (Å²) < 4.78 is 0. The number of H-pyrrole nitrogens is 1. The number of carbonyl (C=O) groups is 2. The van der Waals surface area contributed by atoms with Crippen LogP contribution in [0.3, 0.4) is 0 Å². The Morgan fingerprint density at radius 1 is 1.28 bits per heavy atom. The Balaban J connectivity index is 1.58. The van der Waals surface area contributed by atoms with Gasteiger partial charge in [-0.1, -0.05) is 12.1 Å². The van der Waals surface area contributed by atoms with E-state index in [0.717, 1.165) is 10.4 Å². The third kappa shape index (κ3) is 4.60. The molecule has 10 heteroatoms. The molecule has 0 saturated carbocycles. The van der Waals surface area contributed by atoms with Crippen LogP contribution in [0.25, 0.3) is 10.2 Å². The molecule has 0 radical (unpaired) electrons. The van der Waals surface area contributed by atoms with E-state index >= 15 is 0 Å². The number of nitrogens with one attached hydrogen (secondary N) is 3. The van der Waals surface area contributed by atoms with Crippen molar-refractivity contribution < 1.29 is 14.7 Å². The molecule has 3 rings (SSSR count). The first-order valence-corrected chi connectivity index (χ1v) is 10.6. The fourth-order valence-corrected chi connectivity index (χ4v) is 4.40. The molecule has 8 nitrogen and oxygen atoms in total. The number of aryl methyl sites for hydroxylation is 2. The Kier molecular flexibility index (Phi) is 6.23. The van der Waals surface area contributed by atoms with E-state index in [1.54, 1.807) is 19.1 Å². The maximum absolute atomic E-state index is 12.3. The lowest BCUT2D eigenvalue weighted by atomic mass is 10.2. The van der Waals surface area contributed by atoms with Gasteiger partial charge in [0.1, 0.15) is 16.4 Å². The van der Waals surface area contributed by atoms with Crippen molar-refractivity contribution in [3.8, 4) is 5.75 Å². The summed E-state index contributed by atoms with van der Waals surface area (Å²) in [5.74, 6) is -0.375. The number of benzene rings is 1. The number of nitrogens with zero attached hydrogens (tertiary/aromatic N) is 1. The molecular formula is C19H20N4O4S2. The standard InChI is InChI=1S/C19H20N4O4S2/c1-9-10(2)29-19-15(9)18(27)20-14(21-19)8-28-11(3)16(25)22-23-17(26)12-6-4-5-7-13(12)24/h4-7,11,24H,8H2,1-3H3,(H,22,25)(H,23,26)(H,20,21,27). The first kappa shape index (κ1) is 20.9. The van der Waals surface area contributed by atoms with Crippen molar-refractivity contribution in [2.45, 2.75) is 31.8 Å². The van der Waals surface area contributed by atoms with Crippen LogP contribution in [-0.2, 0) is 10.5 Å². The van der Waals surface area contributed by atoms with Gasteiger partial charge in [-0.2, -0.15) is 0 Å². The molecule has 1 aromatic carbocycles. The van der Waals surface area contributed by atoms with E-state index in [1.165, 1.54) is 35.2 Å². The van der Waals surface area contributed by atoms with Crippen LogP contribution in [0.15, 0.2) is 29.1 Å². The number of aromatic amines is 1. The van der Waals surface area contributed by atoms with E-state index in [1.807, 2.05) is 13.8 Å². The number of rotatable bonds is 5. The number of aromatic hydroxyl groups is 1. The van der Waals surface area contributed by atoms with Crippen LogP contribution < -0.4 is 16.4 Å². The molecule has 2 heterocycles. The summed E-state index contributed by atoms with van der Waals surface area (Å²) in [6, 6.07) is 6.03. The van der Waals surface area contributed by atoms with Gasteiger partial charge in [-0.3, -0.25) is 25.2 Å². The van der Waals surface area contributed by atoms with Gasteiger partial charge >= 0.3 is 0 Å². The Labute approximate surface area is 174 Å². The molecule has 2 amide bonds. The number of para-hydroxylation sites is 1. The SMILES string of the molecule is Cc1sc2nc(CSC(C)C(=O)NNC(=O)c3ccccc3O)[nH]c(=O)c2c1C. The summed E-state index contributed by atoms with van der Waals surface area (Å²) in [6.45, 7) is 5.53. The zero-order valence-corrected chi connectivity index (χ0v) is 17.7. The predicted octanol–water partition coefficient (Wildman–Crippen LogP) is 2.39. The third-order valence-corrected chi connectivity index (χ3v) is 6.63. The second-order valence-electron chi connectivity index (χ2n) is 6.39. The number of phenols is 1. The number of hydrogen-bond donors (Lipinski definition) is 4. The number of thiophene rings is 1. The van der Waals surface area contributed by atoms with Gasteiger partial charge in [0, 0.05) is 4.88 Å². The lowest BCUT2D eigenvalue weighted by Crippen LogP contribution is -2.45. The quantitative estimate of drug-likeness (QED) is 0.459. The minimum atomic E-state index is -0.617. The molecule has 152 valence electrons. The molecule has 4 N–H and O–H groups in total. The van der Waals surface area contributed by atoms with Gasteiger partial charge in [-0.05, 0) is 38.5 Å². The van der Waals surface area contributed by atoms with Crippen molar-refractivity contribution >= 4 is 45.1 Å². The molecule has 0 spiro atoms. The molecule has 0 saturated heterocycles. The summed E-state index contributed by atoms with van der Waals surface area (Å²) in [4.78, 5) is 45.5. The van der Waals surface area contributed by atoms with E-state index in [-0.39, 0.29) is 16.9 Å². The van der Waals surface area contributed by atoms with Crippen molar-refractivity contribution in [3.63, 3.8) is 0 Å². The molecule has 1 unspecified atom stereocenters. The molecule has 0 aliphatic carbocycles. The minimum Gasteiger partial charge on any atom is -0.507 e. The van der Waals surface area contributed by atoms with Crippen LogP contribution in [-0.4, -0.2) is 32.1 Å². The Bertz CT molecular complexity index is 1140. The van der Waals surface area contributed by atoms with Crippen molar-refractivity contribution in [3.05, 3.63) is 56.4 Å². The highest BCUT2D eigenvalue weighted by Crippen LogP contribution is 2.26. The topological polar surface area (TPSA) is 124 Å². The van der Waals surface area contributed by atoms with Gasteiger partial charge in [0.25, 0.3) is 17.4 Å². The summed E-state index contributed by atoms with van der Waals surface area (Å²) in [6.07, 6.45) is 0. The van der Waals surface area contributed by atoms with Gasteiger partial charge in [-0.15, -0.1) is 23.1 Å². The highest BCUT2D eigenvalue weighted by Gasteiger charge is 2.17. The molecule has 1 atom stereocenters. The zero-order chi connectivity index (χ0) is 21.1. The van der Waals surface area contributed by atoms with Crippen LogP contribution in [0.4, 0.5) is 0 Å². The molecule has 3 aromatic rings. The number of hydrazine groups is 1. The van der Waals surface area contributed by atoms with Crippen LogP contribution in [0, 0.1) is 13.8 Å². The summed E-state index contributed by atoms with van der Waals surface area (Å²) in [5, 5.41) is 9.77. The van der Waals surface area contributed by atoms with Crippen molar-refractivity contribution in [1.29, 1.82) is 0 Å². The molecule has 0 aliphatic heterocycles. The number of carbonyl (C=O) groups excluding carboxylic acids is 2. The Morgan fingerprint density at radius 2 is 2.00 bits per heavy atom. The predicted molar refractivity (Wildman–Crippen MR) is 114 cm³/mol. The van der Waals surface area contributed by atoms with Gasteiger partial charge < -0.3 is 10.1 Å². The van der Waals surface area contributed by atoms with Crippen LogP contribution >= 0.6 is 23.1 Å². The van der Waals surface area contributed by atoms with E-state index in [9.17, 15) is 19.5 Å². The monoisotopic (exact) mass is 432 g/mol. The maximum Gasteiger partial charge on any atom is 0.273 e. The largest absolute Gasteiger partial charge is 0.507 e. The van der Waals surface area contributed by atoms with Gasteiger partial charge in [0.2, 0.25) is 0 Å². The normalized spacial score (nSPS) is 12.0. The van der Waals surface area contributed by atoms with Crippen molar-refractivity contribution in [1.82, 2.24) is 20.8 Å². The second-order valence-corrected chi connectivity index (χ2v) is 8.92. The first-order chi connectivity index (χ1) is 13.8. The number of amides is 2. The summed E-state index contributed by atoms with van der Waals surface area (Å²) in [5.41, 5.74) is 5.43. The number of thioether (sulfide) groups is 1. The number of fused-ring (bicyclic) bond motifs is 1. The fraction of sp³-hybridized carbons (Fsp3) is 0.263. The van der Waals surface area contributed by atoms with Crippen LogP contribution in [0.2, 0.25) is 0 Å². The van der Waals surface area contributed by atoms with Crippen molar-refractivity contribution in [2.24, 2.45) is 0 Å². The molecule has 0 fully saturated rings. The van der Waals surface area contributed by atoms with E-state index in [4.69, 9.17) is 0 Å². The Morgan fingerprint density at radius 3 is 2.72 bits per heavy atom. The molecule has 2 aromatic heterocycles. The highest BCUT2D eigenvalue weighted by atomic mass is 32.2. The van der Waals surface area contributed by atoms with E-state index in [0.29, 0.717) is 21.8 Å². The van der Waals surface area contributed by atoms with E-state index < -0.39 is 17.1 Å². The van der Waals surface area contributed by atoms with Crippen LogP contribution in [0.1, 0.15) is 33.5 Å². The lowest BCUT2D eigenvalue weighted by molar-refractivity contribution is -0.121. The molecular weight excluding hydrogens is 412 g/mol. The van der Waals surface area contributed by atoms with E-state index in [2.05, 4.69) is 20.8 Å². The Hall–Kier alpha value is -2.85. The van der Waals surface area contributed by atoms with Gasteiger partial charge in [0.15, 0.2) is 0 Å². The molecule has 29 heavy (non-hydrogen) atoms. The van der Waals surface area contributed by atoms with Crippen molar-refractivity contribution in [2.75, 3.05) is 0 Å². The average molecular weight is 433 g/mol. The zero-order valence-electron chi connectivity index (χ0n) is 16.0. The minimum absolute atomic E-state index is 0.0599.